The highest BCUT2D eigenvalue weighted by Gasteiger charge is 2.14. The predicted molar refractivity (Wildman–Crippen MR) is 144 cm³/mol. The maximum atomic E-state index is 12.7. The largest absolute Gasteiger partial charge is 0.489 e. The summed E-state index contributed by atoms with van der Waals surface area (Å²) in [6.07, 6.45) is 1.62. The van der Waals surface area contributed by atoms with Crippen LogP contribution in [0.1, 0.15) is 33.6 Å². The summed E-state index contributed by atoms with van der Waals surface area (Å²) in [4.78, 5) is 12.7. The number of aromatic nitrogens is 1. The maximum Gasteiger partial charge on any atom is 0.266 e. The Bertz CT molecular complexity index is 1550. The van der Waals surface area contributed by atoms with E-state index in [1.165, 1.54) is 0 Å². The number of aryl methyl sites for hydroxylation is 2. The van der Waals surface area contributed by atoms with E-state index in [4.69, 9.17) is 4.74 Å². The van der Waals surface area contributed by atoms with Crippen molar-refractivity contribution in [3.8, 4) is 23.6 Å². The molecule has 0 aliphatic heterocycles. The Labute approximate surface area is 216 Å². The summed E-state index contributed by atoms with van der Waals surface area (Å²) in [6.45, 7) is 6.21. The van der Waals surface area contributed by atoms with Crippen molar-refractivity contribution in [3.63, 3.8) is 0 Å². The molecule has 0 radical (unpaired) electrons. The van der Waals surface area contributed by atoms with Gasteiger partial charge in [-0.3, -0.25) is 4.79 Å². The van der Waals surface area contributed by atoms with E-state index in [2.05, 4.69) is 16.0 Å². The van der Waals surface area contributed by atoms with Crippen molar-refractivity contribution in [2.24, 2.45) is 0 Å². The molecule has 0 spiro atoms. The van der Waals surface area contributed by atoms with Crippen LogP contribution in [0.4, 0.5) is 5.69 Å². The summed E-state index contributed by atoms with van der Waals surface area (Å²) in [5.74, 6) is 0.245. The van der Waals surface area contributed by atoms with Gasteiger partial charge in [-0.25, -0.2) is 0 Å². The summed E-state index contributed by atoms with van der Waals surface area (Å²) in [5, 5.41) is 21.7. The second kappa shape index (κ2) is 11.1. The van der Waals surface area contributed by atoms with Gasteiger partial charge < -0.3 is 14.6 Å². The molecule has 0 fully saturated rings. The zero-order valence-corrected chi connectivity index (χ0v) is 20.9. The lowest BCUT2D eigenvalue weighted by Gasteiger charge is -2.12. The van der Waals surface area contributed by atoms with Crippen LogP contribution in [0.5, 0.6) is 5.75 Å². The lowest BCUT2D eigenvalue weighted by Crippen LogP contribution is -2.13. The van der Waals surface area contributed by atoms with Crippen LogP contribution in [0.2, 0.25) is 0 Å². The summed E-state index contributed by atoms with van der Waals surface area (Å²) in [7, 11) is 0. The molecule has 1 N–H and O–H groups in total. The van der Waals surface area contributed by atoms with Gasteiger partial charge in [0.05, 0.1) is 11.6 Å². The average molecular weight is 487 g/mol. The normalized spacial score (nSPS) is 10.9. The zero-order chi connectivity index (χ0) is 26.4. The minimum Gasteiger partial charge on any atom is -0.489 e. The number of nitrogens with one attached hydrogen (secondary N) is 1. The quantitative estimate of drug-likeness (QED) is 0.242. The third kappa shape index (κ3) is 5.78. The number of hydrogen-bond acceptors (Lipinski definition) is 4. The maximum absolute atomic E-state index is 12.7. The molecule has 0 aliphatic rings. The third-order valence-corrected chi connectivity index (χ3v) is 6.07. The minimum absolute atomic E-state index is 0.0298. The monoisotopic (exact) mass is 486 g/mol. The van der Waals surface area contributed by atoms with Crippen molar-refractivity contribution >= 4 is 17.7 Å². The summed E-state index contributed by atoms with van der Waals surface area (Å²) >= 11 is 0. The molecule has 0 unspecified atom stereocenters. The lowest BCUT2D eigenvalue weighted by molar-refractivity contribution is -0.112. The smallest absolute Gasteiger partial charge is 0.266 e. The van der Waals surface area contributed by atoms with E-state index in [0.29, 0.717) is 23.6 Å². The highest BCUT2D eigenvalue weighted by molar-refractivity contribution is 6.09. The second-order valence-electron chi connectivity index (χ2n) is 8.70. The Morgan fingerprint density at radius 2 is 1.68 bits per heavy atom. The number of carbonyl (C=O) groups is 1. The van der Waals surface area contributed by atoms with Gasteiger partial charge in [-0.05, 0) is 80.9 Å². The van der Waals surface area contributed by atoms with E-state index in [1.807, 2.05) is 99.6 Å². The Balaban J connectivity index is 1.51. The molecule has 182 valence electrons. The molecular weight excluding hydrogens is 460 g/mol. The number of amides is 1. The second-order valence-corrected chi connectivity index (χ2v) is 8.70. The number of ether oxygens (including phenoxy) is 1. The first-order valence-corrected chi connectivity index (χ1v) is 11.8. The molecule has 1 aromatic heterocycles. The van der Waals surface area contributed by atoms with Crippen LogP contribution < -0.4 is 10.1 Å². The molecule has 4 rings (SSSR count). The number of hydrogen-bond donors (Lipinski definition) is 1. The van der Waals surface area contributed by atoms with Crippen LogP contribution in [-0.4, -0.2) is 10.5 Å². The Morgan fingerprint density at radius 3 is 2.35 bits per heavy atom. The fourth-order valence-electron chi connectivity index (χ4n) is 4.08. The molecule has 0 atom stereocenters. The summed E-state index contributed by atoms with van der Waals surface area (Å²) in [5.41, 5.74) is 6.79. The Hall–Kier alpha value is -5.07. The van der Waals surface area contributed by atoms with Crippen LogP contribution in [0.3, 0.4) is 0 Å². The van der Waals surface area contributed by atoms with Gasteiger partial charge in [0.25, 0.3) is 5.91 Å². The number of carbonyl (C=O) groups excluding carboxylic acids is 1. The van der Waals surface area contributed by atoms with E-state index in [9.17, 15) is 15.3 Å². The minimum atomic E-state index is -0.448. The van der Waals surface area contributed by atoms with Crippen LogP contribution in [0.25, 0.3) is 11.8 Å². The van der Waals surface area contributed by atoms with Crippen molar-refractivity contribution in [1.82, 2.24) is 4.57 Å². The van der Waals surface area contributed by atoms with Crippen LogP contribution in [0, 0.1) is 43.4 Å². The van der Waals surface area contributed by atoms with E-state index in [-0.39, 0.29) is 5.57 Å². The zero-order valence-electron chi connectivity index (χ0n) is 20.9. The number of nitriles is 2. The third-order valence-electron chi connectivity index (χ3n) is 6.07. The fraction of sp³-hybridized carbons (Fsp3) is 0.129. The first-order valence-electron chi connectivity index (χ1n) is 11.8. The highest BCUT2D eigenvalue weighted by Crippen LogP contribution is 2.25. The van der Waals surface area contributed by atoms with Gasteiger partial charge in [-0.15, -0.1) is 0 Å². The van der Waals surface area contributed by atoms with Crippen molar-refractivity contribution in [3.05, 3.63) is 118 Å². The topological polar surface area (TPSA) is 90.8 Å². The van der Waals surface area contributed by atoms with Gasteiger partial charge in [0.15, 0.2) is 0 Å². The molecule has 1 heterocycles. The van der Waals surface area contributed by atoms with Gasteiger partial charge in [-0.1, -0.05) is 35.9 Å². The molecule has 37 heavy (non-hydrogen) atoms. The molecular formula is C31H26N4O2. The molecule has 6 nitrogen and oxygen atoms in total. The first kappa shape index (κ1) is 25.0. The van der Waals surface area contributed by atoms with E-state index < -0.39 is 5.91 Å². The summed E-state index contributed by atoms with van der Waals surface area (Å²) in [6, 6.07) is 28.6. The van der Waals surface area contributed by atoms with Crippen molar-refractivity contribution in [2.75, 3.05) is 5.32 Å². The van der Waals surface area contributed by atoms with Crippen LogP contribution in [-0.2, 0) is 11.4 Å². The SMILES string of the molecule is Cc1ccc(NC(=O)/C(C#N)=C\c2cc(C)n(-c3ccc(OCc4ccccc4C#N)cc3)c2C)cc1. The number of anilines is 1. The van der Waals surface area contributed by atoms with Gasteiger partial charge in [0.2, 0.25) is 0 Å². The molecule has 4 aromatic rings. The fourth-order valence-corrected chi connectivity index (χ4v) is 4.08. The Morgan fingerprint density at radius 1 is 0.973 bits per heavy atom. The van der Waals surface area contributed by atoms with Crippen LogP contribution in [0.15, 0.2) is 84.4 Å². The number of nitrogens with zero attached hydrogens (tertiary/aromatic N) is 3. The lowest BCUT2D eigenvalue weighted by atomic mass is 10.1. The van der Waals surface area contributed by atoms with Crippen LogP contribution >= 0.6 is 0 Å². The molecule has 0 saturated carbocycles. The Kier molecular flexibility index (Phi) is 7.52. The standard InChI is InChI=1S/C31H26N4O2/c1-21-8-10-28(11-9-21)34-31(36)27(19-33)17-26-16-22(2)35(23(26)3)29-12-14-30(15-13-29)37-20-25-7-5-4-6-24(25)18-32/h4-17H,20H2,1-3H3,(H,34,36)/b27-17-. The molecule has 0 saturated heterocycles. The van der Waals surface area contributed by atoms with E-state index in [1.54, 1.807) is 12.1 Å². The van der Waals surface area contributed by atoms with E-state index in [0.717, 1.165) is 33.8 Å². The molecule has 0 bridgehead atoms. The highest BCUT2D eigenvalue weighted by atomic mass is 16.5. The van der Waals surface area contributed by atoms with Gasteiger partial charge in [-0.2, -0.15) is 10.5 Å². The summed E-state index contributed by atoms with van der Waals surface area (Å²) < 4.78 is 7.95. The van der Waals surface area contributed by atoms with Gasteiger partial charge >= 0.3 is 0 Å². The molecule has 3 aromatic carbocycles. The average Bonchev–Trinajstić information content (AvgIpc) is 3.19. The van der Waals surface area contributed by atoms with Crippen molar-refractivity contribution in [2.45, 2.75) is 27.4 Å². The molecule has 1 amide bonds. The number of rotatable bonds is 7. The van der Waals surface area contributed by atoms with E-state index >= 15 is 0 Å². The number of benzene rings is 3. The van der Waals surface area contributed by atoms with Gasteiger partial charge in [0, 0.05) is 28.3 Å². The van der Waals surface area contributed by atoms with Gasteiger partial charge in [0.1, 0.15) is 24.0 Å². The molecule has 6 heteroatoms. The molecule has 0 aliphatic carbocycles. The van der Waals surface area contributed by atoms with Crippen molar-refractivity contribution < 1.29 is 9.53 Å². The first-order chi connectivity index (χ1) is 17.9. The predicted octanol–water partition coefficient (Wildman–Crippen LogP) is 6.40. The van der Waals surface area contributed by atoms with Crippen molar-refractivity contribution in [1.29, 1.82) is 10.5 Å².